The number of halogens is 1. The lowest BCUT2D eigenvalue weighted by atomic mass is 9.94. The number of nitrogens with zero attached hydrogens (tertiary/aromatic N) is 1. The molecule has 2 saturated heterocycles. The number of piperidine rings is 1. The van der Waals surface area contributed by atoms with Crippen LogP contribution in [0.2, 0.25) is 0 Å². The Kier molecular flexibility index (Phi) is 4.37. The van der Waals surface area contributed by atoms with E-state index in [-0.39, 0.29) is 5.82 Å². The number of hydrogen-bond acceptors (Lipinski definition) is 2. The van der Waals surface area contributed by atoms with Gasteiger partial charge in [-0.15, -0.1) is 0 Å². The molecule has 0 amide bonds. The highest BCUT2D eigenvalue weighted by atomic mass is 19.1. The summed E-state index contributed by atoms with van der Waals surface area (Å²) >= 11 is 0. The molecule has 0 aromatic heterocycles. The van der Waals surface area contributed by atoms with Crippen molar-refractivity contribution in [3.63, 3.8) is 0 Å². The van der Waals surface area contributed by atoms with Crippen LogP contribution in [0.5, 0.6) is 0 Å². The van der Waals surface area contributed by atoms with Gasteiger partial charge in [-0.05, 0) is 62.9 Å². The summed E-state index contributed by atoms with van der Waals surface area (Å²) in [6.45, 7) is 5.03. The monoisotopic (exact) mass is 276 g/mol. The molecule has 2 unspecified atom stereocenters. The van der Waals surface area contributed by atoms with Crippen LogP contribution in [0, 0.1) is 12.7 Å². The van der Waals surface area contributed by atoms with Gasteiger partial charge < -0.3 is 5.32 Å². The molecule has 2 aliphatic rings. The summed E-state index contributed by atoms with van der Waals surface area (Å²) < 4.78 is 13.7. The third-order valence-corrected chi connectivity index (χ3v) is 4.85. The normalized spacial score (nSPS) is 27.9. The fraction of sp³-hybridized carbons (Fsp3) is 0.647. The molecule has 20 heavy (non-hydrogen) atoms. The lowest BCUT2D eigenvalue weighted by molar-refractivity contribution is 0.112. The van der Waals surface area contributed by atoms with Crippen molar-refractivity contribution in [2.45, 2.75) is 57.7 Å². The van der Waals surface area contributed by atoms with Crippen LogP contribution in [0.4, 0.5) is 4.39 Å². The Labute approximate surface area is 121 Å². The largest absolute Gasteiger partial charge is 0.312 e. The lowest BCUT2D eigenvalue weighted by Crippen LogP contribution is -2.49. The maximum atomic E-state index is 13.7. The van der Waals surface area contributed by atoms with Gasteiger partial charge >= 0.3 is 0 Å². The van der Waals surface area contributed by atoms with Crippen LogP contribution in [-0.4, -0.2) is 30.1 Å². The van der Waals surface area contributed by atoms with Gasteiger partial charge in [0.15, 0.2) is 0 Å². The van der Waals surface area contributed by atoms with E-state index in [1.807, 2.05) is 13.0 Å². The smallest absolute Gasteiger partial charge is 0.126 e. The van der Waals surface area contributed by atoms with Crippen LogP contribution >= 0.6 is 0 Å². The highest BCUT2D eigenvalue weighted by molar-refractivity contribution is 5.23. The molecule has 110 valence electrons. The second-order valence-electron chi connectivity index (χ2n) is 6.32. The van der Waals surface area contributed by atoms with Crippen LogP contribution in [-0.2, 0) is 6.54 Å². The Bertz CT molecular complexity index is 454. The van der Waals surface area contributed by atoms with E-state index in [9.17, 15) is 4.39 Å². The van der Waals surface area contributed by atoms with Crippen LogP contribution in [0.15, 0.2) is 18.2 Å². The van der Waals surface area contributed by atoms with Crippen molar-refractivity contribution in [3.8, 4) is 0 Å². The minimum Gasteiger partial charge on any atom is -0.312 e. The second kappa shape index (κ2) is 6.23. The zero-order valence-corrected chi connectivity index (χ0v) is 12.4. The van der Waals surface area contributed by atoms with Gasteiger partial charge in [0.25, 0.3) is 0 Å². The van der Waals surface area contributed by atoms with Crippen molar-refractivity contribution < 1.29 is 4.39 Å². The first-order chi connectivity index (χ1) is 9.74. The van der Waals surface area contributed by atoms with Gasteiger partial charge in [0.05, 0.1) is 0 Å². The number of benzene rings is 1. The summed E-state index contributed by atoms with van der Waals surface area (Å²) in [5.74, 6) is -0.0740. The Morgan fingerprint density at radius 3 is 2.90 bits per heavy atom. The summed E-state index contributed by atoms with van der Waals surface area (Å²) in [5, 5.41) is 3.65. The molecule has 1 N–H and O–H groups in total. The van der Waals surface area contributed by atoms with Crippen LogP contribution in [0.1, 0.15) is 43.2 Å². The average Bonchev–Trinajstić information content (AvgIpc) is 2.97. The van der Waals surface area contributed by atoms with Gasteiger partial charge in [-0.3, -0.25) is 4.90 Å². The average molecular weight is 276 g/mol. The first kappa shape index (κ1) is 14.0. The quantitative estimate of drug-likeness (QED) is 0.911. The Morgan fingerprint density at radius 1 is 1.25 bits per heavy atom. The molecule has 2 atom stereocenters. The summed E-state index contributed by atoms with van der Waals surface area (Å²) in [6, 6.07) is 6.97. The van der Waals surface area contributed by atoms with Gasteiger partial charge in [-0.2, -0.15) is 0 Å². The lowest BCUT2D eigenvalue weighted by Gasteiger charge is -2.39. The molecule has 2 aliphatic heterocycles. The highest BCUT2D eigenvalue weighted by Crippen LogP contribution is 2.26. The van der Waals surface area contributed by atoms with E-state index in [0.717, 1.165) is 30.8 Å². The Hall–Kier alpha value is -0.930. The van der Waals surface area contributed by atoms with E-state index < -0.39 is 0 Å². The van der Waals surface area contributed by atoms with Gasteiger partial charge in [0.1, 0.15) is 5.82 Å². The second-order valence-corrected chi connectivity index (χ2v) is 6.32. The first-order valence-electron chi connectivity index (χ1n) is 7.96. The number of hydrogen-bond donors (Lipinski definition) is 1. The van der Waals surface area contributed by atoms with Crippen molar-refractivity contribution in [3.05, 3.63) is 35.1 Å². The molecule has 1 aromatic rings. The minimum absolute atomic E-state index is 0.0740. The number of likely N-dealkylation sites (tertiary alicyclic amines) is 1. The van der Waals surface area contributed by atoms with Gasteiger partial charge in [0.2, 0.25) is 0 Å². The molecule has 2 fully saturated rings. The Balaban J connectivity index is 1.71. The zero-order valence-electron chi connectivity index (χ0n) is 12.4. The van der Waals surface area contributed by atoms with E-state index in [1.165, 1.54) is 32.1 Å². The predicted molar refractivity (Wildman–Crippen MR) is 80.2 cm³/mol. The summed E-state index contributed by atoms with van der Waals surface area (Å²) in [7, 11) is 0. The number of aryl methyl sites for hydroxylation is 1. The maximum absolute atomic E-state index is 13.7. The summed E-state index contributed by atoms with van der Waals surface area (Å²) in [6.07, 6.45) is 6.49. The fourth-order valence-electron chi connectivity index (χ4n) is 3.68. The van der Waals surface area contributed by atoms with Crippen molar-refractivity contribution in [2.75, 3.05) is 13.1 Å². The summed E-state index contributed by atoms with van der Waals surface area (Å²) in [4.78, 5) is 2.57. The molecule has 3 heteroatoms. The van der Waals surface area contributed by atoms with Crippen molar-refractivity contribution >= 4 is 0 Å². The maximum Gasteiger partial charge on any atom is 0.126 e. The molecule has 0 saturated carbocycles. The fourth-order valence-corrected chi connectivity index (χ4v) is 3.68. The van der Waals surface area contributed by atoms with E-state index in [4.69, 9.17) is 0 Å². The Morgan fingerprint density at radius 2 is 2.15 bits per heavy atom. The van der Waals surface area contributed by atoms with Crippen LogP contribution < -0.4 is 5.32 Å². The van der Waals surface area contributed by atoms with E-state index in [2.05, 4.69) is 16.3 Å². The molecular weight excluding hydrogens is 251 g/mol. The standard InChI is InChI=1S/C17H25FN2/c1-13-7-8-14(11-15(13)18)12-20-10-3-2-6-17(20)16-5-4-9-19-16/h7-8,11,16-17,19H,2-6,9-10,12H2,1H3. The molecule has 0 radical (unpaired) electrons. The third-order valence-electron chi connectivity index (χ3n) is 4.85. The molecule has 0 aliphatic carbocycles. The molecule has 0 bridgehead atoms. The van der Waals surface area contributed by atoms with E-state index in [0.29, 0.717) is 12.1 Å². The van der Waals surface area contributed by atoms with E-state index >= 15 is 0 Å². The van der Waals surface area contributed by atoms with Crippen molar-refractivity contribution in [2.24, 2.45) is 0 Å². The SMILES string of the molecule is Cc1ccc(CN2CCCCC2C2CCCN2)cc1F. The topological polar surface area (TPSA) is 15.3 Å². The first-order valence-corrected chi connectivity index (χ1v) is 7.96. The van der Waals surface area contributed by atoms with E-state index in [1.54, 1.807) is 6.07 Å². The van der Waals surface area contributed by atoms with Crippen molar-refractivity contribution in [1.82, 2.24) is 10.2 Å². The number of nitrogens with one attached hydrogen (secondary N) is 1. The van der Waals surface area contributed by atoms with Crippen LogP contribution in [0.25, 0.3) is 0 Å². The van der Waals surface area contributed by atoms with Crippen LogP contribution in [0.3, 0.4) is 0 Å². The van der Waals surface area contributed by atoms with Gasteiger partial charge in [0, 0.05) is 18.6 Å². The predicted octanol–water partition coefficient (Wildman–Crippen LogP) is 3.24. The molecule has 2 nitrogen and oxygen atoms in total. The van der Waals surface area contributed by atoms with Gasteiger partial charge in [-0.25, -0.2) is 4.39 Å². The zero-order chi connectivity index (χ0) is 13.9. The third kappa shape index (κ3) is 3.04. The highest BCUT2D eigenvalue weighted by Gasteiger charge is 2.31. The van der Waals surface area contributed by atoms with Gasteiger partial charge in [-0.1, -0.05) is 18.6 Å². The molecular formula is C17H25FN2. The number of rotatable bonds is 3. The summed E-state index contributed by atoms with van der Waals surface area (Å²) in [5.41, 5.74) is 1.85. The minimum atomic E-state index is -0.0740. The molecule has 0 spiro atoms. The molecule has 3 rings (SSSR count). The molecule has 1 aromatic carbocycles. The van der Waals surface area contributed by atoms with Crippen molar-refractivity contribution in [1.29, 1.82) is 0 Å². The molecule has 2 heterocycles.